The average molecular weight is 547 g/mol. The van der Waals surface area contributed by atoms with E-state index in [4.69, 9.17) is 39.5 Å². The molecule has 4 rings (SSSR count). The van der Waals surface area contributed by atoms with E-state index in [9.17, 15) is 14.4 Å². The van der Waals surface area contributed by atoms with E-state index in [1.807, 2.05) is 24.3 Å². The highest BCUT2D eigenvalue weighted by Gasteiger charge is 2.19. The minimum Gasteiger partial charge on any atom is -0.422 e. The zero-order chi connectivity index (χ0) is 24.9. The summed E-state index contributed by atoms with van der Waals surface area (Å²) in [5, 5.41) is 7.84. The summed E-state index contributed by atoms with van der Waals surface area (Å²) in [6.45, 7) is 0. The molecule has 0 aliphatic rings. The molecule has 0 aliphatic heterocycles. The highest BCUT2D eigenvalue weighted by atomic mass is 35.5. The Bertz CT molecular complexity index is 1470. The molecule has 35 heavy (non-hydrogen) atoms. The Morgan fingerprint density at radius 1 is 0.914 bits per heavy atom. The van der Waals surface area contributed by atoms with Gasteiger partial charge in [-0.1, -0.05) is 53.0 Å². The number of esters is 1. The van der Waals surface area contributed by atoms with Crippen molar-refractivity contribution >= 4 is 85.9 Å². The lowest BCUT2D eigenvalue weighted by atomic mass is 10.2. The van der Waals surface area contributed by atoms with E-state index in [0.717, 1.165) is 10.1 Å². The van der Waals surface area contributed by atoms with Crippen molar-refractivity contribution in [2.75, 3.05) is 5.32 Å². The number of amides is 2. The third-order valence-corrected chi connectivity index (χ3v) is 6.79. The van der Waals surface area contributed by atoms with Crippen LogP contribution in [0, 0.1) is 0 Å². The van der Waals surface area contributed by atoms with Crippen LogP contribution in [0.15, 0.2) is 71.8 Å². The number of ether oxygens (including phenoxy) is 1. The Balaban J connectivity index is 1.33. The molecule has 0 fully saturated rings. The average Bonchev–Trinajstić information content (AvgIpc) is 3.19. The van der Waals surface area contributed by atoms with Gasteiger partial charge in [-0.2, -0.15) is 5.10 Å². The molecule has 2 amide bonds. The molecule has 1 heterocycles. The Morgan fingerprint density at radius 3 is 2.40 bits per heavy atom. The van der Waals surface area contributed by atoms with E-state index < -0.39 is 17.8 Å². The number of thiophene rings is 1. The molecule has 0 unspecified atom stereocenters. The number of benzene rings is 3. The standard InChI is InChI=1S/C24H14Cl3N3O4S/c25-14-7-10-17(26)18(11-14)29-22(31)23(32)30-28-12-13-5-8-15(9-6-13)34-24(33)21-20(27)16-3-1-2-4-19(16)35-21/h1-12H,(H,29,31)(H,30,32)/b28-12+. The smallest absolute Gasteiger partial charge is 0.355 e. The van der Waals surface area contributed by atoms with Crippen LogP contribution in [-0.4, -0.2) is 24.0 Å². The SMILES string of the molecule is O=C(N/N=C/c1ccc(OC(=O)c2sc3ccccc3c2Cl)cc1)C(=O)Nc1cc(Cl)ccc1Cl. The summed E-state index contributed by atoms with van der Waals surface area (Å²) < 4.78 is 6.31. The van der Waals surface area contributed by atoms with Crippen LogP contribution in [0.5, 0.6) is 5.75 Å². The Kier molecular flexibility index (Phi) is 7.67. The maximum atomic E-state index is 12.5. The van der Waals surface area contributed by atoms with E-state index in [0.29, 0.717) is 26.2 Å². The number of nitrogens with one attached hydrogen (secondary N) is 2. The summed E-state index contributed by atoms with van der Waals surface area (Å²) in [6, 6.07) is 18.3. The largest absolute Gasteiger partial charge is 0.422 e. The van der Waals surface area contributed by atoms with Crippen LogP contribution in [-0.2, 0) is 9.59 Å². The van der Waals surface area contributed by atoms with E-state index in [-0.39, 0.29) is 10.7 Å². The van der Waals surface area contributed by atoms with Gasteiger partial charge in [-0.3, -0.25) is 9.59 Å². The molecule has 176 valence electrons. The summed E-state index contributed by atoms with van der Waals surface area (Å²) in [4.78, 5) is 36.8. The number of anilines is 1. The number of rotatable bonds is 5. The van der Waals surface area contributed by atoms with Crippen molar-refractivity contribution in [3.63, 3.8) is 0 Å². The minimum atomic E-state index is -0.997. The van der Waals surface area contributed by atoms with E-state index in [1.165, 1.54) is 29.7 Å². The lowest BCUT2D eigenvalue weighted by molar-refractivity contribution is -0.136. The van der Waals surface area contributed by atoms with Crippen LogP contribution in [0.4, 0.5) is 5.69 Å². The van der Waals surface area contributed by atoms with Gasteiger partial charge in [0.05, 0.1) is 21.9 Å². The number of nitrogens with zero attached hydrogens (tertiary/aromatic N) is 1. The first kappa shape index (κ1) is 24.7. The van der Waals surface area contributed by atoms with E-state index in [1.54, 1.807) is 30.3 Å². The number of hydrogen-bond donors (Lipinski definition) is 2. The quantitative estimate of drug-likeness (QED) is 0.103. The molecule has 0 atom stereocenters. The normalized spacial score (nSPS) is 10.9. The molecule has 4 aromatic rings. The van der Waals surface area contributed by atoms with Crippen LogP contribution in [0.1, 0.15) is 15.2 Å². The van der Waals surface area contributed by atoms with Crippen molar-refractivity contribution in [1.29, 1.82) is 0 Å². The van der Waals surface area contributed by atoms with Crippen molar-refractivity contribution < 1.29 is 19.1 Å². The van der Waals surface area contributed by atoms with Gasteiger partial charge in [0.2, 0.25) is 0 Å². The molecule has 11 heteroatoms. The Labute approximate surface area is 218 Å². The highest BCUT2D eigenvalue weighted by molar-refractivity contribution is 7.21. The predicted molar refractivity (Wildman–Crippen MR) is 139 cm³/mol. The maximum Gasteiger partial charge on any atom is 0.355 e. The second-order valence-electron chi connectivity index (χ2n) is 6.98. The molecular weight excluding hydrogens is 533 g/mol. The number of halogens is 3. The van der Waals surface area contributed by atoms with Gasteiger partial charge in [0.25, 0.3) is 0 Å². The molecule has 1 aromatic heterocycles. The van der Waals surface area contributed by atoms with Crippen molar-refractivity contribution in [3.05, 3.63) is 92.2 Å². The van der Waals surface area contributed by atoms with Crippen molar-refractivity contribution in [2.24, 2.45) is 5.10 Å². The highest BCUT2D eigenvalue weighted by Crippen LogP contribution is 2.35. The third kappa shape index (κ3) is 5.98. The van der Waals surface area contributed by atoms with Gasteiger partial charge in [-0.25, -0.2) is 10.2 Å². The van der Waals surface area contributed by atoms with Gasteiger partial charge in [0.1, 0.15) is 10.6 Å². The third-order valence-electron chi connectivity index (χ3n) is 4.57. The topological polar surface area (TPSA) is 96.9 Å². The lowest BCUT2D eigenvalue weighted by Gasteiger charge is -2.06. The summed E-state index contributed by atoms with van der Waals surface area (Å²) in [5.74, 6) is -2.21. The first-order valence-electron chi connectivity index (χ1n) is 9.90. The monoisotopic (exact) mass is 545 g/mol. The van der Waals surface area contributed by atoms with Gasteiger partial charge in [-0.15, -0.1) is 11.3 Å². The summed E-state index contributed by atoms with van der Waals surface area (Å²) in [5.41, 5.74) is 2.90. The minimum absolute atomic E-state index is 0.199. The fourth-order valence-electron chi connectivity index (χ4n) is 2.91. The first-order valence-corrected chi connectivity index (χ1v) is 11.9. The fourth-order valence-corrected chi connectivity index (χ4v) is 4.63. The number of fused-ring (bicyclic) bond motifs is 1. The van der Waals surface area contributed by atoms with E-state index >= 15 is 0 Å². The summed E-state index contributed by atoms with van der Waals surface area (Å²) >= 11 is 19.4. The first-order chi connectivity index (χ1) is 16.8. The Hall–Kier alpha value is -3.43. The molecular formula is C24H14Cl3N3O4S. The zero-order valence-electron chi connectivity index (χ0n) is 17.6. The number of hydrazone groups is 1. The fraction of sp³-hybridized carbons (Fsp3) is 0. The van der Waals surface area contributed by atoms with E-state index in [2.05, 4.69) is 15.8 Å². The van der Waals surface area contributed by atoms with Gasteiger partial charge < -0.3 is 10.1 Å². The number of carbonyl (C=O) groups is 3. The molecule has 2 N–H and O–H groups in total. The zero-order valence-corrected chi connectivity index (χ0v) is 20.6. The lowest BCUT2D eigenvalue weighted by Crippen LogP contribution is -2.32. The Morgan fingerprint density at radius 2 is 1.66 bits per heavy atom. The van der Waals surface area contributed by atoms with Crippen molar-refractivity contribution in [3.8, 4) is 5.75 Å². The second kappa shape index (κ2) is 10.9. The van der Waals surface area contributed by atoms with Crippen LogP contribution in [0.25, 0.3) is 10.1 Å². The molecule has 3 aromatic carbocycles. The van der Waals surface area contributed by atoms with Crippen LogP contribution >= 0.6 is 46.1 Å². The summed E-state index contributed by atoms with van der Waals surface area (Å²) in [6.07, 6.45) is 1.33. The van der Waals surface area contributed by atoms with Gasteiger partial charge >= 0.3 is 17.8 Å². The van der Waals surface area contributed by atoms with Gasteiger partial charge in [0, 0.05) is 15.1 Å². The van der Waals surface area contributed by atoms with Crippen LogP contribution in [0.2, 0.25) is 15.1 Å². The predicted octanol–water partition coefficient (Wildman–Crippen LogP) is 6.17. The molecule has 7 nitrogen and oxygen atoms in total. The van der Waals surface area contributed by atoms with Crippen molar-refractivity contribution in [2.45, 2.75) is 0 Å². The molecule has 0 aliphatic carbocycles. The van der Waals surface area contributed by atoms with Crippen molar-refractivity contribution in [1.82, 2.24) is 5.43 Å². The molecule has 0 spiro atoms. The van der Waals surface area contributed by atoms with Crippen LogP contribution < -0.4 is 15.5 Å². The maximum absolute atomic E-state index is 12.5. The van der Waals surface area contributed by atoms with Gasteiger partial charge in [0.15, 0.2) is 0 Å². The molecule has 0 radical (unpaired) electrons. The molecule has 0 saturated carbocycles. The molecule has 0 saturated heterocycles. The number of carbonyl (C=O) groups excluding carboxylic acids is 3. The van der Waals surface area contributed by atoms with Crippen LogP contribution in [0.3, 0.4) is 0 Å². The second-order valence-corrected chi connectivity index (χ2v) is 9.25. The summed E-state index contributed by atoms with van der Waals surface area (Å²) in [7, 11) is 0. The molecule has 0 bridgehead atoms. The number of hydrogen-bond acceptors (Lipinski definition) is 6. The van der Waals surface area contributed by atoms with Gasteiger partial charge in [-0.05, 0) is 54.1 Å².